The van der Waals surface area contributed by atoms with Gasteiger partial charge in [0.2, 0.25) is 5.91 Å². The molecule has 0 aliphatic rings. The number of amides is 1. The first-order valence-electron chi connectivity index (χ1n) is 5.33. The highest BCUT2D eigenvalue weighted by Crippen LogP contribution is 2.18. The van der Waals surface area contributed by atoms with Gasteiger partial charge in [-0.15, -0.1) is 0 Å². The largest absolute Gasteiger partial charge is 0.309 e. The Labute approximate surface area is 99.7 Å². The lowest BCUT2D eigenvalue weighted by atomic mass is 10.1. The highest BCUT2D eigenvalue weighted by Gasteiger charge is 2.05. The van der Waals surface area contributed by atoms with Crippen LogP contribution < -0.4 is 5.32 Å². The molecule has 0 fully saturated rings. The number of carbonyl (C=O) groups is 1. The van der Waals surface area contributed by atoms with Crippen molar-refractivity contribution in [1.29, 1.82) is 0 Å². The van der Waals surface area contributed by atoms with Crippen molar-refractivity contribution in [2.45, 2.75) is 13.8 Å². The summed E-state index contributed by atoms with van der Waals surface area (Å²) >= 11 is 0. The highest BCUT2D eigenvalue weighted by atomic mass is 16.1. The molecule has 0 bridgehead atoms. The summed E-state index contributed by atoms with van der Waals surface area (Å²) in [6.07, 6.45) is 1.66. The third-order valence-electron chi connectivity index (χ3n) is 2.31. The van der Waals surface area contributed by atoms with Crippen molar-refractivity contribution < 1.29 is 4.79 Å². The SMILES string of the molecule is CC(=O)Nc1ncc(-c2ccccc2)nc1C. The summed E-state index contributed by atoms with van der Waals surface area (Å²) in [5.74, 6) is 0.368. The van der Waals surface area contributed by atoms with Crippen LogP contribution in [0.25, 0.3) is 11.3 Å². The van der Waals surface area contributed by atoms with Gasteiger partial charge in [-0.05, 0) is 6.92 Å². The summed E-state index contributed by atoms with van der Waals surface area (Å²) in [5, 5.41) is 2.64. The Morgan fingerprint density at radius 2 is 1.94 bits per heavy atom. The van der Waals surface area contributed by atoms with Crippen LogP contribution in [-0.4, -0.2) is 15.9 Å². The third-order valence-corrected chi connectivity index (χ3v) is 2.31. The van der Waals surface area contributed by atoms with Gasteiger partial charge in [0.1, 0.15) is 0 Å². The van der Waals surface area contributed by atoms with Gasteiger partial charge >= 0.3 is 0 Å². The molecule has 1 heterocycles. The fourth-order valence-corrected chi connectivity index (χ4v) is 1.52. The molecule has 0 atom stereocenters. The minimum absolute atomic E-state index is 0.144. The lowest BCUT2D eigenvalue weighted by Gasteiger charge is -2.06. The Morgan fingerprint density at radius 3 is 2.53 bits per heavy atom. The summed E-state index contributed by atoms with van der Waals surface area (Å²) in [5.41, 5.74) is 2.52. The van der Waals surface area contributed by atoms with Crippen molar-refractivity contribution in [3.05, 3.63) is 42.2 Å². The Balaban J connectivity index is 2.34. The van der Waals surface area contributed by atoms with Crippen molar-refractivity contribution in [2.75, 3.05) is 5.32 Å². The first-order valence-corrected chi connectivity index (χ1v) is 5.33. The van der Waals surface area contributed by atoms with Crippen LogP contribution in [0, 0.1) is 6.92 Å². The van der Waals surface area contributed by atoms with Gasteiger partial charge in [-0.1, -0.05) is 30.3 Å². The maximum Gasteiger partial charge on any atom is 0.222 e. The summed E-state index contributed by atoms with van der Waals surface area (Å²) in [4.78, 5) is 19.6. The van der Waals surface area contributed by atoms with Crippen LogP contribution >= 0.6 is 0 Å². The Morgan fingerprint density at radius 1 is 1.24 bits per heavy atom. The van der Waals surface area contributed by atoms with Crippen molar-refractivity contribution in [2.24, 2.45) is 0 Å². The number of hydrogen-bond acceptors (Lipinski definition) is 3. The van der Waals surface area contributed by atoms with E-state index in [0.717, 1.165) is 11.3 Å². The zero-order chi connectivity index (χ0) is 12.3. The molecule has 2 aromatic rings. The molecule has 4 nitrogen and oxygen atoms in total. The molecule has 0 radical (unpaired) electrons. The highest BCUT2D eigenvalue weighted by molar-refractivity contribution is 5.88. The Hall–Kier alpha value is -2.23. The smallest absolute Gasteiger partial charge is 0.222 e. The first kappa shape index (κ1) is 11.3. The van der Waals surface area contributed by atoms with E-state index in [9.17, 15) is 4.79 Å². The lowest BCUT2D eigenvalue weighted by Crippen LogP contribution is -2.09. The van der Waals surface area contributed by atoms with E-state index in [0.29, 0.717) is 11.5 Å². The van der Waals surface area contributed by atoms with E-state index >= 15 is 0 Å². The number of rotatable bonds is 2. The summed E-state index contributed by atoms with van der Waals surface area (Å²) in [6, 6.07) is 9.81. The quantitative estimate of drug-likeness (QED) is 0.857. The standard InChI is InChI=1S/C13H13N3O/c1-9-13(16-10(2)17)14-8-12(15-9)11-6-4-3-5-7-11/h3-8H,1-2H3,(H,14,16,17). The third kappa shape index (κ3) is 2.66. The topological polar surface area (TPSA) is 54.9 Å². The van der Waals surface area contributed by atoms with E-state index in [1.807, 2.05) is 37.3 Å². The molecule has 0 saturated carbocycles. The molecular formula is C13H13N3O. The molecule has 0 spiro atoms. The first-order chi connectivity index (χ1) is 8.16. The van der Waals surface area contributed by atoms with Gasteiger partial charge < -0.3 is 5.32 Å². The molecule has 1 aromatic heterocycles. The molecule has 0 unspecified atom stereocenters. The second-order valence-electron chi connectivity index (χ2n) is 3.74. The van der Waals surface area contributed by atoms with E-state index in [2.05, 4.69) is 15.3 Å². The summed E-state index contributed by atoms with van der Waals surface area (Å²) in [7, 11) is 0. The monoisotopic (exact) mass is 227 g/mol. The molecule has 86 valence electrons. The van der Waals surface area contributed by atoms with Gasteiger partial charge in [0, 0.05) is 12.5 Å². The van der Waals surface area contributed by atoms with Crippen LogP contribution in [0.3, 0.4) is 0 Å². The molecule has 0 aliphatic carbocycles. The number of benzene rings is 1. The zero-order valence-electron chi connectivity index (χ0n) is 9.77. The molecule has 1 amide bonds. The van der Waals surface area contributed by atoms with Crippen LogP contribution in [0.2, 0.25) is 0 Å². The van der Waals surface area contributed by atoms with Crippen LogP contribution in [0.1, 0.15) is 12.6 Å². The van der Waals surface area contributed by atoms with Crippen LogP contribution in [0.4, 0.5) is 5.82 Å². The van der Waals surface area contributed by atoms with Crippen molar-refractivity contribution in [1.82, 2.24) is 9.97 Å². The Kier molecular flexibility index (Phi) is 3.14. The number of nitrogens with one attached hydrogen (secondary N) is 1. The molecule has 0 saturated heterocycles. The predicted molar refractivity (Wildman–Crippen MR) is 66.5 cm³/mol. The van der Waals surface area contributed by atoms with E-state index < -0.39 is 0 Å². The molecule has 2 rings (SSSR count). The van der Waals surface area contributed by atoms with Gasteiger partial charge in [0.15, 0.2) is 5.82 Å². The van der Waals surface area contributed by atoms with E-state index in [-0.39, 0.29) is 5.91 Å². The van der Waals surface area contributed by atoms with E-state index in [1.54, 1.807) is 6.20 Å². The molecule has 1 N–H and O–H groups in total. The fraction of sp³-hybridized carbons (Fsp3) is 0.154. The van der Waals surface area contributed by atoms with Crippen molar-refractivity contribution >= 4 is 11.7 Å². The van der Waals surface area contributed by atoms with Crippen molar-refractivity contribution in [3.63, 3.8) is 0 Å². The Bertz CT molecular complexity index is 538. The van der Waals surface area contributed by atoms with Crippen LogP contribution in [0.5, 0.6) is 0 Å². The van der Waals surface area contributed by atoms with Crippen LogP contribution in [0.15, 0.2) is 36.5 Å². The van der Waals surface area contributed by atoms with Gasteiger partial charge in [-0.2, -0.15) is 0 Å². The summed E-state index contributed by atoms with van der Waals surface area (Å²) < 4.78 is 0. The number of anilines is 1. The van der Waals surface area contributed by atoms with E-state index in [4.69, 9.17) is 0 Å². The number of aryl methyl sites for hydroxylation is 1. The number of carbonyl (C=O) groups excluding carboxylic acids is 1. The number of hydrogen-bond donors (Lipinski definition) is 1. The molecule has 4 heteroatoms. The van der Waals surface area contributed by atoms with Crippen molar-refractivity contribution in [3.8, 4) is 11.3 Å². The minimum atomic E-state index is -0.144. The van der Waals surface area contributed by atoms with Gasteiger partial charge in [0.25, 0.3) is 0 Å². The molecule has 1 aromatic carbocycles. The van der Waals surface area contributed by atoms with Crippen LogP contribution in [-0.2, 0) is 4.79 Å². The maximum atomic E-state index is 10.9. The predicted octanol–water partition coefficient (Wildman–Crippen LogP) is 2.41. The second kappa shape index (κ2) is 4.74. The minimum Gasteiger partial charge on any atom is -0.309 e. The van der Waals surface area contributed by atoms with E-state index in [1.165, 1.54) is 6.92 Å². The van der Waals surface area contributed by atoms with Gasteiger partial charge in [-0.3, -0.25) is 4.79 Å². The second-order valence-corrected chi connectivity index (χ2v) is 3.74. The molecule has 17 heavy (non-hydrogen) atoms. The average Bonchev–Trinajstić information content (AvgIpc) is 2.32. The van der Waals surface area contributed by atoms with Gasteiger partial charge in [-0.25, -0.2) is 9.97 Å². The maximum absolute atomic E-state index is 10.9. The average molecular weight is 227 g/mol. The normalized spacial score (nSPS) is 10.0. The summed E-state index contributed by atoms with van der Waals surface area (Å²) in [6.45, 7) is 3.27. The number of nitrogens with zero attached hydrogens (tertiary/aromatic N) is 2. The zero-order valence-corrected chi connectivity index (χ0v) is 9.77. The van der Waals surface area contributed by atoms with Gasteiger partial charge in [0.05, 0.1) is 17.6 Å². The molecule has 0 aliphatic heterocycles. The fourth-order valence-electron chi connectivity index (χ4n) is 1.52. The number of aromatic nitrogens is 2. The molecular weight excluding hydrogens is 214 g/mol. The lowest BCUT2D eigenvalue weighted by molar-refractivity contribution is -0.114.